The highest BCUT2D eigenvalue weighted by molar-refractivity contribution is 6.01. The fourth-order valence-electron chi connectivity index (χ4n) is 2.07. The Morgan fingerprint density at radius 2 is 2.18 bits per heavy atom. The molecular weight excluding hydrogens is 220 g/mol. The van der Waals surface area contributed by atoms with Crippen molar-refractivity contribution in [3.05, 3.63) is 23.3 Å². The Morgan fingerprint density at radius 1 is 1.35 bits per heavy atom. The number of ether oxygens (including phenoxy) is 3. The molecule has 0 amide bonds. The van der Waals surface area contributed by atoms with Gasteiger partial charge < -0.3 is 14.2 Å². The zero-order valence-electron chi connectivity index (χ0n) is 9.69. The van der Waals surface area contributed by atoms with Crippen molar-refractivity contribution in [3.63, 3.8) is 0 Å². The van der Waals surface area contributed by atoms with Crippen molar-refractivity contribution in [1.29, 1.82) is 0 Å². The summed E-state index contributed by atoms with van der Waals surface area (Å²) in [6.07, 6.45) is 1.61. The maximum absolute atomic E-state index is 11.6. The minimum absolute atomic E-state index is 0.190. The molecule has 1 aliphatic heterocycles. The van der Waals surface area contributed by atoms with Gasteiger partial charge in [0.25, 0.3) is 0 Å². The van der Waals surface area contributed by atoms with Crippen molar-refractivity contribution in [2.75, 3.05) is 20.3 Å². The molecule has 90 valence electrons. The van der Waals surface area contributed by atoms with Crippen LogP contribution in [0.25, 0.3) is 0 Å². The second kappa shape index (κ2) is 4.04. The van der Waals surface area contributed by atoms with Crippen LogP contribution in [-0.4, -0.2) is 32.2 Å². The lowest BCUT2D eigenvalue weighted by molar-refractivity contribution is 0.0994. The number of benzene rings is 1. The van der Waals surface area contributed by atoms with Gasteiger partial charge in [-0.25, -0.2) is 0 Å². The average Bonchev–Trinajstić information content (AvgIpc) is 3.11. The van der Waals surface area contributed by atoms with Gasteiger partial charge >= 0.3 is 0 Å². The van der Waals surface area contributed by atoms with E-state index in [1.54, 1.807) is 13.2 Å². The number of aryl methyl sites for hydroxylation is 1. The number of fused-ring (bicyclic) bond motifs is 1. The van der Waals surface area contributed by atoms with Crippen molar-refractivity contribution >= 4 is 5.78 Å². The topological polar surface area (TPSA) is 48.1 Å². The molecular formula is C13H14O4. The van der Waals surface area contributed by atoms with Gasteiger partial charge in [-0.15, -0.1) is 0 Å². The molecule has 0 radical (unpaired) electrons. The highest BCUT2D eigenvalue weighted by Gasteiger charge is 2.26. The summed E-state index contributed by atoms with van der Waals surface area (Å²) < 4.78 is 16.0. The standard InChI is InChI=1S/C13H14O4/c1-15-12-5-10-8(2-3-11(10)14)4-13(12)17-7-9-6-16-9/h4-5,9H,2-3,6-7H2,1H3/t9-/m1/s1. The number of carbonyl (C=O) groups is 1. The zero-order chi connectivity index (χ0) is 11.8. The molecule has 4 nitrogen and oxygen atoms in total. The Hall–Kier alpha value is -1.55. The van der Waals surface area contributed by atoms with Crippen LogP contribution in [0, 0.1) is 0 Å². The molecule has 1 fully saturated rings. The number of hydrogen-bond donors (Lipinski definition) is 0. The quantitative estimate of drug-likeness (QED) is 0.742. The molecule has 1 heterocycles. The molecule has 0 N–H and O–H groups in total. The monoisotopic (exact) mass is 234 g/mol. The lowest BCUT2D eigenvalue weighted by Gasteiger charge is -2.11. The van der Waals surface area contributed by atoms with E-state index in [0.29, 0.717) is 24.5 Å². The predicted octanol–water partition coefficient (Wildman–Crippen LogP) is 1.60. The van der Waals surface area contributed by atoms with Gasteiger partial charge in [0.1, 0.15) is 12.7 Å². The van der Waals surface area contributed by atoms with Crippen molar-refractivity contribution in [3.8, 4) is 11.5 Å². The number of rotatable bonds is 4. The van der Waals surface area contributed by atoms with Crippen molar-refractivity contribution < 1.29 is 19.0 Å². The highest BCUT2D eigenvalue weighted by atomic mass is 16.6. The third-order valence-corrected chi connectivity index (χ3v) is 3.14. The van der Waals surface area contributed by atoms with E-state index in [1.807, 2.05) is 6.07 Å². The molecule has 1 aromatic rings. The van der Waals surface area contributed by atoms with E-state index >= 15 is 0 Å². The molecule has 3 rings (SSSR count). The maximum atomic E-state index is 11.6. The fourth-order valence-corrected chi connectivity index (χ4v) is 2.07. The Morgan fingerprint density at radius 3 is 2.88 bits per heavy atom. The summed E-state index contributed by atoms with van der Waals surface area (Å²) in [6, 6.07) is 3.70. The van der Waals surface area contributed by atoms with Crippen molar-refractivity contribution in [2.45, 2.75) is 18.9 Å². The predicted molar refractivity (Wildman–Crippen MR) is 60.9 cm³/mol. The number of epoxide rings is 1. The molecule has 2 aliphatic rings. The first-order valence-corrected chi connectivity index (χ1v) is 5.76. The normalized spacial score (nSPS) is 21.2. The van der Waals surface area contributed by atoms with Crippen LogP contribution < -0.4 is 9.47 Å². The molecule has 0 spiro atoms. The second-order valence-electron chi connectivity index (χ2n) is 4.35. The van der Waals surface area contributed by atoms with Crippen LogP contribution in [0.1, 0.15) is 22.3 Å². The first kappa shape index (κ1) is 10.6. The molecule has 0 saturated carbocycles. The fraction of sp³-hybridized carbons (Fsp3) is 0.462. The van der Waals surface area contributed by atoms with E-state index in [0.717, 1.165) is 24.2 Å². The first-order chi connectivity index (χ1) is 8.28. The van der Waals surface area contributed by atoms with Crippen LogP contribution in [-0.2, 0) is 11.2 Å². The summed E-state index contributed by atoms with van der Waals surface area (Å²) in [4.78, 5) is 11.6. The Labute approximate surface area is 99.5 Å². The third kappa shape index (κ3) is 2.00. The van der Waals surface area contributed by atoms with E-state index in [2.05, 4.69) is 0 Å². The number of ketones is 1. The summed E-state index contributed by atoms with van der Waals surface area (Å²) >= 11 is 0. The molecule has 0 aromatic heterocycles. The van der Waals surface area contributed by atoms with Gasteiger partial charge in [0.05, 0.1) is 13.7 Å². The van der Waals surface area contributed by atoms with Crippen LogP contribution in [0.3, 0.4) is 0 Å². The summed E-state index contributed by atoms with van der Waals surface area (Å²) in [5.41, 5.74) is 1.83. The number of hydrogen-bond acceptors (Lipinski definition) is 4. The molecule has 0 bridgehead atoms. The maximum Gasteiger partial charge on any atom is 0.163 e. The lowest BCUT2D eigenvalue weighted by Crippen LogP contribution is -2.06. The molecule has 4 heteroatoms. The zero-order valence-corrected chi connectivity index (χ0v) is 9.69. The summed E-state index contributed by atoms with van der Waals surface area (Å²) in [6.45, 7) is 1.31. The van der Waals surface area contributed by atoms with E-state index < -0.39 is 0 Å². The molecule has 0 unspecified atom stereocenters. The smallest absolute Gasteiger partial charge is 0.163 e. The van der Waals surface area contributed by atoms with Crippen LogP contribution in [0.2, 0.25) is 0 Å². The van der Waals surface area contributed by atoms with Gasteiger partial charge in [-0.3, -0.25) is 4.79 Å². The van der Waals surface area contributed by atoms with Crippen LogP contribution in [0.15, 0.2) is 12.1 Å². The van der Waals surface area contributed by atoms with Gasteiger partial charge in [-0.1, -0.05) is 0 Å². The molecule has 1 saturated heterocycles. The van der Waals surface area contributed by atoms with Crippen LogP contribution in [0.4, 0.5) is 0 Å². The Balaban J connectivity index is 1.88. The Bertz CT molecular complexity index is 463. The van der Waals surface area contributed by atoms with E-state index in [1.165, 1.54) is 0 Å². The Kier molecular flexibility index (Phi) is 2.52. The van der Waals surface area contributed by atoms with Crippen molar-refractivity contribution in [2.24, 2.45) is 0 Å². The lowest BCUT2D eigenvalue weighted by atomic mass is 10.1. The van der Waals surface area contributed by atoms with Crippen LogP contribution >= 0.6 is 0 Å². The van der Waals surface area contributed by atoms with Gasteiger partial charge in [0.15, 0.2) is 17.3 Å². The SMILES string of the molecule is COc1cc2c(cc1OC[C@H]1CO1)CCC2=O. The first-order valence-electron chi connectivity index (χ1n) is 5.76. The summed E-state index contributed by atoms with van der Waals surface area (Å²) in [5.74, 6) is 1.52. The number of carbonyl (C=O) groups excluding carboxylic acids is 1. The highest BCUT2D eigenvalue weighted by Crippen LogP contribution is 2.35. The largest absolute Gasteiger partial charge is 0.493 e. The van der Waals surface area contributed by atoms with Gasteiger partial charge in [0.2, 0.25) is 0 Å². The molecule has 17 heavy (non-hydrogen) atoms. The van der Waals surface area contributed by atoms with E-state index in [-0.39, 0.29) is 11.9 Å². The van der Waals surface area contributed by atoms with Gasteiger partial charge in [0, 0.05) is 12.0 Å². The summed E-state index contributed by atoms with van der Waals surface area (Å²) in [7, 11) is 1.58. The minimum Gasteiger partial charge on any atom is -0.493 e. The molecule has 1 aromatic carbocycles. The van der Waals surface area contributed by atoms with Crippen molar-refractivity contribution in [1.82, 2.24) is 0 Å². The minimum atomic E-state index is 0.190. The number of Topliss-reactive ketones (excluding diaryl/α,β-unsaturated/α-hetero) is 1. The van der Waals surface area contributed by atoms with Crippen LogP contribution in [0.5, 0.6) is 11.5 Å². The molecule has 1 atom stereocenters. The average molecular weight is 234 g/mol. The summed E-state index contributed by atoms with van der Waals surface area (Å²) in [5, 5.41) is 0. The van der Waals surface area contributed by atoms with Gasteiger partial charge in [-0.2, -0.15) is 0 Å². The van der Waals surface area contributed by atoms with E-state index in [4.69, 9.17) is 14.2 Å². The molecule has 1 aliphatic carbocycles. The third-order valence-electron chi connectivity index (χ3n) is 3.14. The van der Waals surface area contributed by atoms with Gasteiger partial charge in [-0.05, 0) is 24.1 Å². The van der Waals surface area contributed by atoms with E-state index in [9.17, 15) is 4.79 Å². The number of methoxy groups -OCH3 is 1. The second-order valence-corrected chi connectivity index (χ2v) is 4.35.